The van der Waals surface area contributed by atoms with Crippen LogP contribution in [0.25, 0.3) is 0 Å². The third-order valence-electron chi connectivity index (χ3n) is 2.74. The van der Waals surface area contributed by atoms with Crippen molar-refractivity contribution in [2.45, 2.75) is 18.4 Å². The van der Waals surface area contributed by atoms with Gasteiger partial charge in [-0.2, -0.15) is 0 Å². The van der Waals surface area contributed by atoms with E-state index in [1.165, 1.54) is 17.3 Å². The summed E-state index contributed by atoms with van der Waals surface area (Å²) in [6.07, 6.45) is 0. The summed E-state index contributed by atoms with van der Waals surface area (Å²) in [6.45, 7) is 2.89. The van der Waals surface area contributed by atoms with Crippen molar-refractivity contribution in [2.75, 3.05) is 35.3 Å². The normalized spacial score (nSPS) is 10.7. The molecule has 19 heavy (non-hydrogen) atoms. The summed E-state index contributed by atoms with van der Waals surface area (Å²) in [5.41, 5.74) is 2.30. The molecule has 1 amide bonds. The van der Waals surface area contributed by atoms with Gasteiger partial charge >= 0.3 is 0 Å². The van der Waals surface area contributed by atoms with Crippen LogP contribution < -0.4 is 4.74 Å². The maximum Gasteiger partial charge on any atom is 0.286 e. The van der Waals surface area contributed by atoms with Crippen molar-refractivity contribution >= 4 is 17.0 Å². The van der Waals surface area contributed by atoms with Crippen LogP contribution in [0, 0.1) is 6.92 Å². The number of rotatable bonds is 4. The van der Waals surface area contributed by atoms with Crippen LogP contribution in [0.4, 0.5) is 4.79 Å². The Bertz CT molecular complexity index is 459. The molecule has 0 N–H and O–H groups in total. The third kappa shape index (κ3) is 4.14. The topological polar surface area (TPSA) is 32.8 Å². The lowest BCUT2D eigenvalue weighted by molar-refractivity contribution is 0.241. The smallest absolute Gasteiger partial charge is 0.286 e. The lowest BCUT2D eigenvalue weighted by atomic mass is 10.1. The molecule has 0 spiro atoms. The van der Waals surface area contributed by atoms with Gasteiger partial charge in [0.1, 0.15) is 5.75 Å². The predicted molar refractivity (Wildman–Crippen MR) is 80.1 cm³/mol. The number of benzene rings is 1. The molecule has 1 aromatic rings. The van der Waals surface area contributed by atoms with Gasteiger partial charge in [0.25, 0.3) is 5.24 Å². The Kier molecular flexibility index (Phi) is 5.69. The zero-order valence-corrected chi connectivity index (χ0v) is 13.3. The summed E-state index contributed by atoms with van der Waals surface area (Å²) in [4.78, 5) is 16.3. The molecular weight excluding hydrogens is 260 g/mol. The molecule has 0 atom stereocenters. The van der Waals surface area contributed by atoms with E-state index in [0.29, 0.717) is 0 Å². The fraction of sp³-hybridized carbons (Fsp3) is 0.500. The Morgan fingerprint density at radius 1 is 1.26 bits per heavy atom. The van der Waals surface area contributed by atoms with Gasteiger partial charge in [-0.1, -0.05) is 6.07 Å². The highest BCUT2D eigenvalue weighted by Gasteiger charge is 2.15. The fourth-order valence-electron chi connectivity index (χ4n) is 1.74. The average Bonchev–Trinajstić information content (AvgIpc) is 2.32. The van der Waals surface area contributed by atoms with Crippen molar-refractivity contribution in [3.05, 3.63) is 23.3 Å². The van der Waals surface area contributed by atoms with Gasteiger partial charge in [-0.05, 0) is 50.0 Å². The molecule has 1 aromatic carbocycles. The minimum atomic E-state index is -0.00180. The van der Waals surface area contributed by atoms with Gasteiger partial charge in [0.15, 0.2) is 0 Å². The molecular formula is C14H22N2O2S. The van der Waals surface area contributed by atoms with Crippen molar-refractivity contribution < 1.29 is 9.53 Å². The van der Waals surface area contributed by atoms with Crippen molar-refractivity contribution in [1.82, 2.24) is 9.80 Å². The summed E-state index contributed by atoms with van der Waals surface area (Å²) in [5.74, 6) is 0.791. The molecule has 0 fully saturated rings. The summed E-state index contributed by atoms with van der Waals surface area (Å²) < 4.78 is 5.47. The SMILES string of the molecule is COc1c(SC(=O)N(C)C)ccc(CN(C)C)c1C. The number of hydrogen-bond donors (Lipinski definition) is 0. The summed E-state index contributed by atoms with van der Waals surface area (Å²) >= 11 is 1.19. The Labute approximate surface area is 119 Å². The van der Waals surface area contributed by atoms with Crippen molar-refractivity contribution in [2.24, 2.45) is 0 Å². The lowest BCUT2D eigenvalue weighted by Crippen LogP contribution is -2.16. The molecule has 0 heterocycles. The van der Waals surface area contributed by atoms with Crippen LogP contribution >= 0.6 is 11.8 Å². The molecule has 0 saturated carbocycles. The van der Waals surface area contributed by atoms with Crippen LogP contribution in [0.3, 0.4) is 0 Å². The molecule has 106 valence electrons. The average molecular weight is 282 g/mol. The van der Waals surface area contributed by atoms with Crippen molar-refractivity contribution in [3.8, 4) is 5.75 Å². The number of methoxy groups -OCH3 is 1. The van der Waals surface area contributed by atoms with E-state index in [0.717, 1.165) is 22.8 Å². The van der Waals surface area contributed by atoms with Crippen LogP contribution in [0.15, 0.2) is 17.0 Å². The number of thioether (sulfide) groups is 1. The molecule has 0 unspecified atom stereocenters. The van der Waals surface area contributed by atoms with Gasteiger partial charge in [-0.15, -0.1) is 0 Å². The first-order valence-electron chi connectivity index (χ1n) is 6.07. The highest BCUT2D eigenvalue weighted by atomic mass is 32.2. The zero-order chi connectivity index (χ0) is 14.6. The highest BCUT2D eigenvalue weighted by Crippen LogP contribution is 2.35. The Balaban J connectivity index is 3.07. The standard InChI is InChI=1S/C14H22N2O2S/c1-10-11(9-15(2)3)7-8-12(13(10)18-6)19-14(17)16(4)5/h7-8H,9H2,1-6H3. The zero-order valence-electron chi connectivity index (χ0n) is 12.5. The van der Waals surface area contributed by atoms with E-state index in [-0.39, 0.29) is 5.24 Å². The Morgan fingerprint density at radius 3 is 2.37 bits per heavy atom. The number of nitrogens with zero attached hydrogens (tertiary/aromatic N) is 2. The first kappa shape index (κ1) is 15.9. The number of carbonyl (C=O) groups is 1. The summed E-state index contributed by atoms with van der Waals surface area (Å²) in [5, 5.41) is -0.00180. The number of hydrogen-bond acceptors (Lipinski definition) is 4. The molecule has 0 radical (unpaired) electrons. The Morgan fingerprint density at radius 2 is 1.89 bits per heavy atom. The molecule has 1 rings (SSSR count). The number of carbonyl (C=O) groups excluding carboxylic acids is 1. The number of amides is 1. The second kappa shape index (κ2) is 6.82. The van der Waals surface area contributed by atoms with Gasteiger partial charge < -0.3 is 14.5 Å². The first-order chi connectivity index (χ1) is 8.86. The van der Waals surface area contributed by atoms with Crippen LogP contribution in [-0.2, 0) is 6.54 Å². The van der Waals surface area contributed by atoms with Crippen molar-refractivity contribution in [1.29, 1.82) is 0 Å². The van der Waals surface area contributed by atoms with Crippen LogP contribution in [0.5, 0.6) is 5.75 Å². The summed E-state index contributed by atoms with van der Waals surface area (Å²) in [7, 11) is 9.20. The van der Waals surface area contributed by atoms with Crippen molar-refractivity contribution in [3.63, 3.8) is 0 Å². The number of ether oxygens (including phenoxy) is 1. The van der Waals surface area contributed by atoms with E-state index in [9.17, 15) is 4.79 Å². The molecule has 0 aliphatic carbocycles. The van der Waals surface area contributed by atoms with E-state index in [1.807, 2.05) is 27.1 Å². The van der Waals surface area contributed by atoms with Gasteiger partial charge in [0, 0.05) is 20.6 Å². The van der Waals surface area contributed by atoms with Gasteiger partial charge in [0.05, 0.1) is 12.0 Å². The van der Waals surface area contributed by atoms with Gasteiger partial charge in [-0.3, -0.25) is 4.79 Å². The molecule has 0 aromatic heterocycles. The predicted octanol–water partition coefficient (Wildman–Crippen LogP) is 2.84. The maximum atomic E-state index is 11.8. The van der Waals surface area contributed by atoms with E-state index in [2.05, 4.69) is 11.0 Å². The largest absolute Gasteiger partial charge is 0.495 e. The van der Waals surface area contributed by atoms with Gasteiger partial charge in [0.2, 0.25) is 0 Å². The van der Waals surface area contributed by atoms with E-state index < -0.39 is 0 Å². The third-order valence-corrected chi connectivity index (χ3v) is 3.82. The minimum Gasteiger partial charge on any atom is -0.495 e. The van der Waals surface area contributed by atoms with Crippen LogP contribution in [-0.4, -0.2) is 50.3 Å². The Hall–Kier alpha value is -1.20. The van der Waals surface area contributed by atoms with E-state index in [4.69, 9.17) is 4.74 Å². The lowest BCUT2D eigenvalue weighted by Gasteiger charge is -2.18. The van der Waals surface area contributed by atoms with E-state index in [1.54, 1.807) is 26.1 Å². The second-order valence-electron chi connectivity index (χ2n) is 4.88. The second-order valence-corrected chi connectivity index (χ2v) is 5.87. The monoisotopic (exact) mass is 282 g/mol. The summed E-state index contributed by atoms with van der Waals surface area (Å²) in [6, 6.07) is 4.01. The maximum absolute atomic E-state index is 11.8. The minimum absolute atomic E-state index is 0.00180. The first-order valence-corrected chi connectivity index (χ1v) is 6.88. The van der Waals surface area contributed by atoms with Gasteiger partial charge in [-0.25, -0.2) is 0 Å². The molecule has 0 aliphatic heterocycles. The highest BCUT2D eigenvalue weighted by molar-refractivity contribution is 8.13. The van der Waals surface area contributed by atoms with Crippen LogP contribution in [0.1, 0.15) is 11.1 Å². The molecule has 0 aliphatic rings. The molecule has 0 saturated heterocycles. The molecule has 4 nitrogen and oxygen atoms in total. The van der Waals surface area contributed by atoms with Crippen LogP contribution in [0.2, 0.25) is 0 Å². The molecule has 5 heteroatoms. The van der Waals surface area contributed by atoms with E-state index >= 15 is 0 Å². The molecule has 0 bridgehead atoms. The quantitative estimate of drug-likeness (QED) is 0.795. The fourth-order valence-corrected chi connectivity index (χ4v) is 2.57.